The first-order valence-corrected chi connectivity index (χ1v) is 10.1. The molecule has 160 valence electrons. The summed E-state index contributed by atoms with van der Waals surface area (Å²) in [6.45, 7) is -0.782. The second-order valence-corrected chi connectivity index (χ2v) is 8.48. The number of halogens is 7. The topological polar surface area (TPSA) is 46.2 Å². The van der Waals surface area contributed by atoms with E-state index < -0.39 is 45.6 Å². The first kappa shape index (κ1) is 22.4. The Kier molecular flexibility index (Phi) is 5.78. The number of hydrogen-bond acceptors (Lipinski definition) is 2. The Bertz CT molecular complexity index is 1170. The van der Waals surface area contributed by atoms with Crippen molar-refractivity contribution in [2.24, 2.45) is 0 Å². The molecule has 0 amide bonds. The first-order chi connectivity index (χ1) is 13.8. The fourth-order valence-corrected chi connectivity index (χ4v) is 4.47. The van der Waals surface area contributed by atoms with Crippen molar-refractivity contribution in [1.82, 2.24) is 4.72 Å². The van der Waals surface area contributed by atoms with E-state index in [-0.39, 0.29) is 21.4 Å². The molecule has 0 unspecified atom stereocenters. The molecule has 0 aliphatic rings. The lowest BCUT2D eigenvalue weighted by atomic mass is 10.0. The van der Waals surface area contributed by atoms with E-state index in [9.17, 15) is 34.8 Å². The molecule has 0 aliphatic heterocycles. The second kappa shape index (κ2) is 7.75. The molecule has 0 bridgehead atoms. The van der Waals surface area contributed by atoms with Gasteiger partial charge in [-0.1, -0.05) is 35.9 Å². The van der Waals surface area contributed by atoms with Crippen LogP contribution in [0.15, 0.2) is 59.5 Å². The Labute approximate surface area is 172 Å². The second-order valence-electron chi connectivity index (χ2n) is 6.33. The zero-order chi connectivity index (χ0) is 22.3. The molecule has 3 aromatic rings. The molecule has 11 heteroatoms. The number of nitrogens with one attached hydrogen (secondary N) is 1. The van der Waals surface area contributed by atoms with Gasteiger partial charge in [0, 0.05) is 17.0 Å². The highest BCUT2D eigenvalue weighted by atomic mass is 35.5. The molecule has 0 atom stereocenters. The van der Waals surface area contributed by atoms with Gasteiger partial charge in [0.05, 0.1) is 16.0 Å². The zero-order valence-corrected chi connectivity index (χ0v) is 16.3. The van der Waals surface area contributed by atoms with Crippen molar-refractivity contribution in [3.05, 3.63) is 76.3 Å². The predicted octanol–water partition coefficient (Wildman–Crippen LogP) is 6.01. The summed E-state index contributed by atoms with van der Waals surface area (Å²) in [5.41, 5.74) is -3.55. The molecule has 3 rings (SSSR count). The summed E-state index contributed by atoms with van der Waals surface area (Å²) in [7, 11) is -4.30. The average molecular weight is 468 g/mol. The summed E-state index contributed by atoms with van der Waals surface area (Å²) in [6, 6.07) is 9.89. The van der Waals surface area contributed by atoms with Crippen LogP contribution in [0.25, 0.3) is 10.8 Å². The standard InChI is InChI=1S/C19H12ClF6NO2S/c20-15-5-1-3-12-4-2-6-16(17(12)15)30(28,29)27-10-11-7-13(18(21,22)23)9-14(8-11)19(24,25)26/h1-9,27H,10H2. The van der Waals surface area contributed by atoms with E-state index in [2.05, 4.69) is 0 Å². The normalized spacial score (nSPS) is 13.0. The monoisotopic (exact) mass is 467 g/mol. The van der Waals surface area contributed by atoms with Crippen LogP contribution in [0.5, 0.6) is 0 Å². The number of rotatable bonds is 4. The van der Waals surface area contributed by atoms with Crippen molar-refractivity contribution in [2.45, 2.75) is 23.8 Å². The molecule has 0 radical (unpaired) electrons. The minimum absolute atomic E-state index is 0.0253. The molecule has 0 heterocycles. The van der Waals surface area contributed by atoms with Crippen molar-refractivity contribution in [2.75, 3.05) is 0 Å². The van der Waals surface area contributed by atoms with Crippen molar-refractivity contribution in [3.63, 3.8) is 0 Å². The number of hydrogen-bond donors (Lipinski definition) is 1. The Balaban J connectivity index is 1.99. The highest BCUT2D eigenvalue weighted by Crippen LogP contribution is 2.36. The van der Waals surface area contributed by atoms with Gasteiger partial charge < -0.3 is 0 Å². The van der Waals surface area contributed by atoms with E-state index >= 15 is 0 Å². The lowest BCUT2D eigenvalue weighted by Crippen LogP contribution is -2.24. The number of alkyl halides is 6. The van der Waals surface area contributed by atoms with Gasteiger partial charge in [-0.15, -0.1) is 0 Å². The highest BCUT2D eigenvalue weighted by molar-refractivity contribution is 7.89. The van der Waals surface area contributed by atoms with Crippen LogP contribution >= 0.6 is 11.6 Å². The fourth-order valence-electron chi connectivity index (χ4n) is 2.86. The van der Waals surface area contributed by atoms with Crippen LogP contribution in [0.2, 0.25) is 5.02 Å². The number of fused-ring (bicyclic) bond motifs is 1. The van der Waals surface area contributed by atoms with Crippen molar-refractivity contribution in [3.8, 4) is 0 Å². The van der Waals surface area contributed by atoms with Gasteiger partial charge in [0.15, 0.2) is 0 Å². The van der Waals surface area contributed by atoms with Crippen LogP contribution in [0, 0.1) is 0 Å². The maximum Gasteiger partial charge on any atom is 0.416 e. The van der Waals surface area contributed by atoms with Crippen LogP contribution < -0.4 is 4.72 Å². The van der Waals surface area contributed by atoms with Gasteiger partial charge in [-0.3, -0.25) is 0 Å². The van der Waals surface area contributed by atoms with Crippen molar-refractivity contribution < 1.29 is 34.8 Å². The third-order valence-electron chi connectivity index (χ3n) is 4.22. The summed E-state index contributed by atoms with van der Waals surface area (Å²) >= 11 is 6.09. The Morgan fingerprint density at radius 3 is 1.90 bits per heavy atom. The molecule has 0 aliphatic carbocycles. The third kappa shape index (κ3) is 4.71. The minimum Gasteiger partial charge on any atom is -0.207 e. The molecule has 3 nitrogen and oxygen atoms in total. The molecular weight excluding hydrogens is 456 g/mol. The molecule has 3 aromatic carbocycles. The smallest absolute Gasteiger partial charge is 0.207 e. The van der Waals surface area contributed by atoms with Gasteiger partial charge >= 0.3 is 12.4 Å². The lowest BCUT2D eigenvalue weighted by Gasteiger charge is -2.15. The number of benzene rings is 3. The van der Waals surface area contributed by atoms with Crippen LogP contribution in [-0.2, 0) is 28.9 Å². The van der Waals surface area contributed by atoms with E-state index in [0.717, 1.165) is 0 Å². The van der Waals surface area contributed by atoms with Crippen LogP contribution in [-0.4, -0.2) is 8.42 Å². The molecule has 0 saturated heterocycles. The SMILES string of the molecule is O=S(=O)(NCc1cc(C(F)(F)F)cc(C(F)(F)F)c1)c1cccc2cccc(Cl)c12. The highest BCUT2D eigenvalue weighted by Gasteiger charge is 2.37. The summed E-state index contributed by atoms with van der Waals surface area (Å²) < 4.78 is 105. The Morgan fingerprint density at radius 1 is 0.833 bits per heavy atom. The van der Waals surface area contributed by atoms with Crippen LogP contribution in [0.1, 0.15) is 16.7 Å². The molecule has 0 aromatic heterocycles. The van der Waals surface area contributed by atoms with Gasteiger partial charge in [-0.05, 0) is 41.3 Å². The Morgan fingerprint density at radius 2 is 1.37 bits per heavy atom. The molecule has 0 spiro atoms. The molecule has 0 saturated carbocycles. The summed E-state index contributed by atoms with van der Waals surface area (Å²) in [6.07, 6.45) is -10.1. The van der Waals surface area contributed by atoms with Gasteiger partial charge in [-0.25, -0.2) is 13.1 Å². The van der Waals surface area contributed by atoms with E-state index in [1.54, 1.807) is 18.2 Å². The summed E-state index contributed by atoms with van der Waals surface area (Å²) in [4.78, 5) is -0.242. The zero-order valence-electron chi connectivity index (χ0n) is 14.8. The van der Waals surface area contributed by atoms with Gasteiger partial charge in [0.2, 0.25) is 10.0 Å². The Hall–Kier alpha value is -2.30. The van der Waals surface area contributed by atoms with Crippen molar-refractivity contribution >= 4 is 32.4 Å². The van der Waals surface area contributed by atoms with Gasteiger partial charge in [-0.2, -0.15) is 26.3 Å². The van der Waals surface area contributed by atoms with Gasteiger partial charge in [0.1, 0.15) is 0 Å². The van der Waals surface area contributed by atoms with E-state index in [4.69, 9.17) is 11.6 Å². The number of sulfonamides is 1. The molecular formula is C19H12ClF6NO2S. The molecule has 1 N–H and O–H groups in total. The lowest BCUT2D eigenvalue weighted by molar-refractivity contribution is -0.143. The predicted molar refractivity (Wildman–Crippen MR) is 99.4 cm³/mol. The first-order valence-electron chi connectivity index (χ1n) is 8.24. The van der Waals surface area contributed by atoms with E-state index in [1.807, 2.05) is 4.72 Å². The van der Waals surface area contributed by atoms with Gasteiger partial charge in [0.25, 0.3) is 0 Å². The van der Waals surface area contributed by atoms with Crippen LogP contribution in [0.3, 0.4) is 0 Å². The fraction of sp³-hybridized carbons (Fsp3) is 0.158. The van der Waals surface area contributed by atoms with E-state index in [0.29, 0.717) is 17.5 Å². The largest absolute Gasteiger partial charge is 0.416 e. The quantitative estimate of drug-likeness (QED) is 0.478. The maximum absolute atomic E-state index is 13.0. The van der Waals surface area contributed by atoms with E-state index in [1.165, 1.54) is 18.2 Å². The van der Waals surface area contributed by atoms with Crippen molar-refractivity contribution in [1.29, 1.82) is 0 Å². The minimum atomic E-state index is -5.03. The molecule has 0 fully saturated rings. The van der Waals surface area contributed by atoms with Crippen LogP contribution in [0.4, 0.5) is 26.3 Å². The summed E-state index contributed by atoms with van der Waals surface area (Å²) in [5.74, 6) is 0. The molecule has 30 heavy (non-hydrogen) atoms. The summed E-state index contributed by atoms with van der Waals surface area (Å²) in [5, 5.41) is 0.824. The maximum atomic E-state index is 13.0. The average Bonchev–Trinajstić information content (AvgIpc) is 2.65. The third-order valence-corrected chi connectivity index (χ3v) is 5.98.